The number of anilines is 2. The molecule has 0 aromatic carbocycles. The Kier molecular flexibility index (Phi) is 6.59. The Morgan fingerprint density at radius 1 is 0.800 bits per heavy atom. The van der Waals surface area contributed by atoms with Gasteiger partial charge in [0.25, 0.3) is 0 Å². The zero-order chi connectivity index (χ0) is 20.9. The molecule has 0 amide bonds. The lowest BCUT2D eigenvalue weighted by Gasteiger charge is -2.34. The predicted molar refractivity (Wildman–Crippen MR) is 120 cm³/mol. The van der Waals surface area contributed by atoms with Crippen LogP contribution >= 0.6 is 0 Å². The zero-order valence-corrected chi connectivity index (χ0v) is 18.0. The number of rotatable bonds is 6. The van der Waals surface area contributed by atoms with E-state index in [1.165, 1.54) is 0 Å². The molecule has 7 heteroatoms. The first-order valence-electron chi connectivity index (χ1n) is 11.0. The topological polar surface area (TPSA) is 73.4 Å². The molecule has 0 unspecified atom stereocenters. The Morgan fingerprint density at radius 2 is 1.20 bits per heavy atom. The monoisotopic (exact) mass is 408 g/mol. The van der Waals surface area contributed by atoms with Gasteiger partial charge >= 0.3 is 0 Å². The van der Waals surface area contributed by atoms with Crippen LogP contribution in [0, 0.1) is 0 Å². The highest BCUT2D eigenvalue weighted by molar-refractivity contribution is 6.14. The van der Waals surface area contributed by atoms with Gasteiger partial charge in [0.05, 0.1) is 11.1 Å². The molecule has 2 aliphatic rings. The second-order valence-corrected chi connectivity index (χ2v) is 8.18. The number of nitrogens with one attached hydrogen (secondary N) is 2. The van der Waals surface area contributed by atoms with Gasteiger partial charge in [-0.3, -0.25) is 4.79 Å². The van der Waals surface area contributed by atoms with Crippen LogP contribution in [0.3, 0.4) is 0 Å². The summed E-state index contributed by atoms with van der Waals surface area (Å²) in [5, 5.41) is 6.72. The maximum Gasteiger partial charge on any atom is 0.200 e. The van der Waals surface area contributed by atoms with Crippen molar-refractivity contribution >= 4 is 17.4 Å². The fourth-order valence-corrected chi connectivity index (χ4v) is 4.56. The van der Waals surface area contributed by atoms with E-state index in [1.54, 1.807) is 12.4 Å². The number of carbonyl (C=O) groups is 1. The first kappa shape index (κ1) is 20.8. The molecule has 2 aliphatic heterocycles. The number of ketones is 1. The molecule has 4 heterocycles. The number of hydrogen-bond acceptors (Lipinski definition) is 7. The van der Waals surface area contributed by atoms with Gasteiger partial charge < -0.3 is 20.4 Å². The molecular formula is C23H32N6O. The highest BCUT2D eigenvalue weighted by Crippen LogP contribution is 2.28. The number of pyridine rings is 2. The van der Waals surface area contributed by atoms with Crippen LogP contribution in [-0.2, 0) is 0 Å². The van der Waals surface area contributed by atoms with Gasteiger partial charge in [0.1, 0.15) is 11.6 Å². The minimum atomic E-state index is 0.00711. The van der Waals surface area contributed by atoms with Gasteiger partial charge in [0, 0.05) is 50.7 Å². The summed E-state index contributed by atoms with van der Waals surface area (Å²) in [5.74, 6) is 1.59. The van der Waals surface area contributed by atoms with Crippen molar-refractivity contribution in [1.82, 2.24) is 20.6 Å². The van der Waals surface area contributed by atoms with E-state index in [2.05, 4.69) is 30.4 Å². The second kappa shape index (κ2) is 9.53. The summed E-state index contributed by atoms with van der Waals surface area (Å²) < 4.78 is 0. The molecule has 0 aliphatic carbocycles. The van der Waals surface area contributed by atoms with Crippen molar-refractivity contribution in [3.05, 3.63) is 47.8 Å². The van der Waals surface area contributed by atoms with E-state index >= 15 is 0 Å². The molecule has 2 fully saturated rings. The van der Waals surface area contributed by atoms with Gasteiger partial charge in [-0.1, -0.05) is 0 Å². The van der Waals surface area contributed by atoms with Gasteiger partial charge in [-0.25, -0.2) is 9.97 Å². The van der Waals surface area contributed by atoms with Crippen molar-refractivity contribution < 1.29 is 4.79 Å². The molecule has 0 atom stereocenters. The molecule has 0 spiro atoms. The van der Waals surface area contributed by atoms with Gasteiger partial charge in [0.2, 0.25) is 0 Å². The summed E-state index contributed by atoms with van der Waals surface area (Å²) in [7, 11) is 4.03. The van der Waals surface area contributed by atoms with Crippen LogP contribution in [0.15, 0.2) is 36.7 Å². The molecular weight excluding hydrogens is 376 g/mol. The molecule has 160 valence electrons. The largest absolute Gasteiger partial charge is 0.356 e. The van der Waals surface area contributed by atoms with Crippen molar-refractivity contribution in [2.45, 2.75) is 37.8 Å². The first-order valence-corrected chi connectivity index (χ1v) is 11.0. The van der Waals surface area contributed by atoms with Crippen LogP contribution in [-0.4, -0.2) is 68.1 Å². The standard InChI is InChI=1S/C23H32N6O/c1-24-17-7-13-28(14-8-17)22-19(5-3-11-26-22)21(30)20-6-4-12-27-23(20)29-15-9-18(25-2)10-16-29/h3-6,11-12,17-18,24-25H,7-10,13-16H2,1-2H3. The molecule has 2 N–H and O–H groups in total. The van der Waals surface area contributed by atoms with Gasteiger partial charge in [-0.15, -0.1) is 0 Å². The SMILES string of the molecule is CNC1CCN(c2ncccc2C(=O)c2cccnc2N2CCC(NC)CC2)CC1. The van der Waals surface area contributed by atoms with Gasteiger partial charge in [-0.2, -0.15) is 0 Å². The summed E-state index contributed by atoms with van der Waals surface area (Å²) >= 11 is 0. The summed E-state index contributed by atoms with van der Waals surface area (Å²) in [4.78, 5) is 27.4. The van der Waals surface area contributed by atoms with Crippen molar-refractivity contribution in [2.24, 2.45) is 0 Å². The first-order chi connectivity index (χ1) is 14.7. The van der Waals surface area contributed by atoms with Crippen molar-refractivity contribution in [3.63, 3.8) is 0 Å². The number of carbonyl (C=O) groups excluding carboxylic acids is 1. The number of nitrogens with zero attached hydrogens (tertiary/aromatic N) is 4. The minimum absolute atomic E-state index is 0.00711. The summed E-state index contributed by atoms with van der Waals surface area (Å²) in [6.45, 7) is 3.61. The molecule has 2 aromatic rings. The van der Waals surface area contributed by atoms with E-state index in [4.69, 9.17) is 0 Å². The average Bonchev–Trinajstić information content (AvgIpc) is 2.84. The van der Waals surface area contributed by atoms with E-state index in [9.17, 15) is 4.79 Å². The molecule has 0 bridgehead atoms. The molecule has 7 nitrogen and oxygen atoms in total. The third-order valence-electron chi connectivity index (χ3n) is 6.47. The summed E-state index contributed by atoms with van der Waals surface area (Å²) in [6, 6.07) is 8.58. The quantitative estimate of drug-likeness (QED) is 0.709. The van der Waals surface area contributed by atoms with Crippen molar-refractivity contribution in [2.75, 3.05) is 50.1 Å². The zero-order valence-electron chi connectivity index (χ0n) is 18.0. The lowest BCUT2D eigenvalue weighted by molar-refractivity contribution is 0.103. The fourth-order valence-electron chi connectivity index (χ4n) is 4.56. The Labute approximate surface area is 178 Å². The fraction of sp³-hybridized carbons (Fsp3) is 0.522. The highest BCUT2D eigenvalue weighted by atomic mass is 16.1. The van der Waals surface area contributed by atoms with Crippen LogP contribution in [0.5, 0.6) is 0 Å². The maximum atomic E-state index is 13.7. The highest BCUT2D eigenvalue weighted by Gasteiger charge is 2.27. The normalized spacial score (nSPS) is 18.6. The lowest BCUT2D eigenvalue weighted by Crippen LogP contribution is -2.42. The Balaban J connectivity index is 1.59. The second-order valence-electron chi connectivity index (χ2n) is 8.18. The molecule has 4 rings (SSSR count). The molecule has 30 heavy (non-hydrogen) atoms. The van der Waals surface area contributed by atoms with Crippen molar-refractivity contribution in [1.29, 1.82) is 0 Å². The van der Waals surface area contributed by atoms with E-state index in [0.717, 1.165) is 63.5 Å². The Morgan fingerprint density at radius 3 is 1.57 bits per heavy atom. The van der Waals surface area contributed by atoms with E-state index in [-0.39, 0.29) is 5.78 Å². The smallest absolute Gasteiger partial charge is 0.200 e. The molecule has 0 radical (unpaired) electrons. The van der Waals surface area contributed by atoms with Gasteiger partial charge in [-0.05, 0) is 64.0 Å². The number of hydrogen-bond donors (Lipinski definition) is 2. The maximum absolute atomic E-state index is 13.7. The van der Waals surface area contributed by atoms with Crippen LogP contribution in [0.2, 0.25) is 0 Å². The van der Waals surface area contributed by atoms with Crippen LogP contribution < -0.4 is 20.4 Å². The predicted octanol–water partition coefficient (Wildman–Crippen LogP) is 2.08. The number of aromatic nitrogens is 2. The Bertz CT molecular complexity index is 787. The molecule has 2 aromatic heterocycles. The molecule has 2 saturated heterocycles. The summed E-state index contributed by atoms with van der Waals surface area (Å²) in [5.41, 5.74) is 1.33. The van der Waals surface area contributed by atoms with Crippen molar-refractivity contribution in [3.8, 4) is 0 Å². The van der Waals surface area contributed by atoms with E-state index in [0.29, 0.717) is 23.2 Å². The third-order valence-corrected chi connectivity index (χ3v) is 6.47. The Hall–Kier alpha value is -2.51. The van der Waals surface area contributed by atoms with E-state index < -0.39 is 0 Å². The van der Waals surface area contributed by atoms with Gasteiger partial charge in [0.15, 0.2) is 5.78 Å². The summed E-state index contributed by atoms with van der Waals surface area (Å²) in [6.07, 6.45) is 7.78. The van der Waals surface area contributed by atoms with E-state index in [1.807, 2.05) is 38.4 Å². The van der Waals surface area contributed by atoms with Crippen LogP contribution in [0.4, 0.5) is 11.6 Å². The lowest BCUT2D eigenvalue weighted by atomic mass is 10.00. The minimum Gasteiger partial charge on any atom is -0.356 e. The van der Waals surface area contributed by atoms with Crippen LogP contribution in [0.1, 0.15) is 41.6 Å². The molecule has 0 saturated carbocycles. The van der Waals surface area contributed by atoms with Crippen LogP contribution in [0.25, 0.3) is 0 Å². The average molecular weight is 409 g/mol. The number of piperidine rings is 2. The third kappa shape index (κ3) is 4.32.